The third-order valence-electron chi connectivity index (χ3n) is 6.62. The van der Waals surface area contributed by atoms with Crippen LogP contribution in [0.3, 0.4) is 0 Å². The van der Waals surface area contributed by atoms with Gasteiger partial charge in [-0.1, -0.05) is 13.3 Å². The number of fused-ring (bicyclic) bond motifs is 1. The number of piperidine rings is 1. The highest BCUT2D eigenvalue weighted by Crippen LogP contribution is 2.28. The average Bonchev–Trinajstić information content (AvgIpc) is 3.20. The van der Waals surface area contributed by atoms with Gasteiger partial charge in [-0.3, -0.25) is 4.57 Å². The third-order valence-corrected chi connectivity index (χ3v) is 6.62. The summed E-state index contributed by atoms with van der Waals surface area (Å²) in [6, 6.07) is 0.779. The minimum absolute atomic E-state index is 0.264. The first-order valence-corrected chi connectivity index (χ1v) is 13.5. The highest BCUT2D eigenvalue weighted by molar-refractivity contribution is 5.83. The van der Waals surface area contributed by atoms with E-state index in [0.29, 0.717) is 42.1 Å². The number of hydrogen-bond donors (Lipinski definition) is 1. The number of aryl methyl sites for hydroxylation is 1. The molecule has 208 valence electrons. The van der Waals surface area contributed by atoms with Crippen molar-refractivity contribution < 1.29 is 19.0 Å². The van der Waals surface area contributed by atoms with Crippen LogP contribution in [0.25, 0.3) is 11.2 Å². The SMILES string of the molecule is CCCCOc1nc(N)c2nc(OC)n(CCC3CCN(CCCN(C)C(=O)OC(C)(C)C)CC3)c2n1. The molecule has 1 aliphatic rings. The molecule has 0 aliphatic carbocycles. The molecule has 3 heterocycles. The summed E-state index contributed by atoms with van der Waals surface area (Å²) >= 11 is 0. The number of hydrogen-bond acceptors (Lipinski definition) is 9. The molecular weight excluding hydrogens is 474 g/mol. The monoisotopic (exact) mass is 519 g/mol. The highest BCUT2D eigenvalue weighted by atomic mass is 16.6. The smallest absolute Gasteiger partial charge is 0.410 e. The fourth-order valence-electron chi connectivity index (χ4n) is 4.48. The van der Waals surface area contributed by atoms with Gasteiger partial charge in [0.25, 0.3) is 6.01 Å². The second-order valence-corrected chi connectivity index (χ2v) is 10.8. The zero-order valence-electron chi connectivity index (χ0n) is 23.5. The van der Waals surface area contributed by atoms with Crippen molar-refractivity contribution in [3.8, 4) is 12.0 Å². The molecule has 2 N–H and O–H groups in total. The summed E-state index contributed by atoms with van der Waals surface area (Å²) in [4.78, 5) is 29.6. The maximum Gasteiger partial charge on any atom is 0.410 e. The van der Waals surface area contributed by atoms with Crippen molar-refractivity contribution in [3.63, 3.8) is 0 Å². The van der Waals surface area contributed by atoms with Crippen LogP contribution in [0.2, 0.25) is 0 Å². The van der Waals surface area contributed by atoms with E-state index < -0.39 is 5.60 Å². The number of rotatable bonds is 12. The summed E-state index contributed by atoms with van der Waals surface area (Å²) < 4.78 is 18.6. The summed E-state index contributed by atoms with van der Waals surface area (Å²) in [6.45, 7) is 12.9. The molecule has 11 nitrogen and oxygen atoms in total. The maximum atomic E-state index is 12.1. The van der Waals surface area contributed by atoms with Gasteiger partial charge in [-0.05, 0) is 78.4 Å². The van der Waals surface area contributed by atoms with Gasteiger partial charge in [-0.25, -0.2) is 4.79 Å². The molecule has 1 aliphatic heterocycles. The third kappa shape index (κ3) is 8.34. The number of amides is 1. The molecule has 0 aromatic carbocycles. The number of nitrogens with two attached hydrogens (primary N) is 1. The number of nitrogens with zero attached hydrogens (tertiary/aromatic N) is 6. The number of anilines is 1. The second-order valence-electron chi connectivity index (χ2n) is 10.8. The predicted octanol–water partition coefficient (Wildman–Crippen LogP) is 3.96. The quantitative estimate of drug-likeness (QED) is 0.415. The fourth-order valence-corrected chi connectivity index (χ4v) is 4.48. The minimum atomic E-state index is -0.468. The number of unbranched alkanes of at least 4 members (excludes halogenated alkanes) is 1. The van der Waals surface area contributed by atoms with Gasteiger partial charge in [0.2, 0.25) is 0 Å². The van der Waals surface area contributed by atoms with E-state index in [1.54, 1.807) is 19.1 Å². The van der Waals surface area contributed by atoms with Gasteiger partial charge >= 0.3 is 12.1 Å². The molecule has 1 saturated heterocycles. The lowest BCUT2D eigenvalue weighted by atomic mass is 9.93. The Hall–Kier alpha value is -2.82. The number of carbonyl (C=O) groups is 1. The van der Waals surface area contributed by atoms with Gasteiger partial charge in [-0.2, -0.15) is 15.0 Å². The van der Waals surface area contributed by atoms with Crippen LogP contribution in [0.1, 0.15) is 66.2 Å². The number of imidazole rings is 1. The Morgan fingerprint density at radius 1 is 1.14 bits per heavy atom. The van der Waals surface area contributed by atoms with Gasteiger partial charge in [0.1, 0.15) is 5.60 Å². The van der Waals surface area contributed by atoms with E-state index >= 15 is 0 Å². The average molecular weight is 520 g/mol. The van der Waals surface area contributed by atoms with Gasteiger partial charge in [-0.15, -0.1) is 0 Å². The standard InChI is InChI=1S/C26H45N7O4/c1-7-8-18-36-23-29-21(27)20-22(30-23)33(24(28-20)35-6)17-12-19-10-15-32(16-11-19)14-9-13-31(5)25(34)37-26(2,3)4/h19H,7-18H2,1-6H3,(H2,27,29,30). The Bertz CT molecular complexity index is 1010. The van der Waals surface area contributed by atoms with Crippen LogP contribution in [-0.4, -0.2) is 88.0 Å². The molecule has 0 radical (unpaired) electrons. The number of aromatic nitrogens is 4. The lowest BCUT2D eigenvalue weighted by Crippen LogP contribution is -2.38. The van der Waals surface area contributed by atoms with Crippen LogP contribution < -0.4 is 15.2 Å². The Kier molecular flexibility index (Phi) is 10.2. The molecule has 0 atom stereocenters. The van der Waals surface area contributed by atoms with Gasteiger partial charge in [0, 0.05) is 20.1 Å². The predicted molar refractivity (Wildman–Crippen MR) is 144 cm³/mol. The number of carbonyl (C=O) groups excluding carboxylic acids is 1. The van der Waals surface area contributed by atoms with Crippen molar-refractivity contribution in [1.29, 1.82) is 0 Å². The van der Waals surface area contributed by atoms with E-state index in [1.807, 2.05) is 25.3 Å². The Balaban J connectivity index is 1.48. The molecule has 37 heavy (non-hydrogen) atoms. The van der Waals surface area contributed by atoms with E-state index in [-0.39, 0.29) is 12.1 Å². The number of likely N-dealkylation sites (tertiary alicyclic amines) is 1. The van der Waals surface area contributed by atoms with Crippen molar-refractivity contribution in [2.45, 2.75) is 78.4 Å². The highest BCUT2D eigenvalue weighted by Gasteiger charge is 2.23. The van der Waals surface area contributed by atoms with Gasteiger partial charge in [0.05, 0.1) is 13.7 Å². The van der Waals surface area contributed by atoms with E-state index in [1.165, 1.54) is 0 Å². The first-order chi connectivity index (χ1) is 17.6. The van der Waals surface area contributed by atoms with E-state index in [9.17, 15) is 4.79 Å². The summed E-state index contributed by atoms with van der Waals surface area (Å²) in [6.07, 6.45) is 5.92. The van der Waals surface area contributed by atoms with Crippen LogP contribution in [-0.2, 0) is 11.3 Å². The van der Waals surface area contributed by atoms with Gasteiger partial charge < -0.3 is 29.7 Å². The van der Waals surface area contributed by atoms with E-state index in [2.05, 4.69) is 26.8 Å². The maximum absolute atomic E-state index is 12.1. The molecule has 1 amide bonds. The van der Waals surface area contributed by atoms with Crippen LogP contribution in [0, 0.1) is 5.92 Å². The number of ether oxygens (including phenoxy) is 3. The van der Waals surface area contributed by atoms with Crippen LogP contribution in [0.4, 0.5) is 10.6 Å². The summed E-state index contributed by atoms with van der Waals surface area (Å²) in [7, 11) is 3.41. The molecule has 2 aromatic rings. The van der Waals surface area contributed by atoms with E-state index in [0.717, 1.165) is 64.7 Å². The first kappa shape index (κ1) is 28.7. The molecule has 0 unspecified atom stereocenters. The molecule has 1 fully saturated rings. The lowest BCUT2D eigenvalue weighted by molar-refractivity contribution is 0.0291. The molecule has 3 rings (SSSR count). The van der Waals surface area contributed by atoms with Crippen molar-refractivity contribution in [1.82, 2.24) is 29.3 Å². The van der Waals surface area contributed by atoms with Crippen molar-refractivity contribution in [2.24, 2.45) is 5.92 Å². The molecule has 0 saturated carbocycles. The molecule has 11 heteroatoms. The van der Waals surface area contributed by atoms with Crippen LogP contribution >= 0.6 is 0 Å². The zero-order chi connectivity index (χ0) is 27.0. The summed E-state index contributed by atoms with van der Waals surface area (Å²) in [5, 5.41) is 0. The zero-order valence-corrected chi connectivity index (χ0v) is 23.5. The molecular formula is C26H45N7O4. The largest absolute Gasteiger partial charge is 0.468 e. The summed E-state index contributed by atoms with van der Waals surface area (Å²) in [5.74, 6) is 0.918. The first-order valence-electron chi connectivity index (χ1n) is 13.5. The van der Waals surface area contributed by atoms with Crippen molar-refractivity contribution in [3.05, 3.63) is 0 Å². The fraction of sp³-hybridized carbons (Fsp3) is 0.769. The topological polar surface area (TPSA) is 121 Å². The molecule has 0 bridgehead atoms. The Morgan fingerprint density at radius 3 is 2.51 bits per heavy atom. The van der Waals surface area contributed by atoms with E-state index in [4.69, 9.17) is 19.9 Å². The molecule has 2 aromatic heterocycles. The van der Waals surface area contributed by atoms with Gasteiger partial charge in [0.15, 0.2) is 17.0 Å². The summed E-state index contributed by atoms with van der Waals surface area (Å²) in [5.41, 5.74) is 6.89. The molecule has 0 spiro atoms. The minimum Gasteiger partial charge on any atom is -0.468 e. The lowest BCUT2D eigenvalue weighted by Gasteiger charge is -2.32. The van der Waals surface area contributed by atoms with Crippen LogP contribution in [0.15, 0.2) is 0 Å². The normalized spacial score (nSPS) is 15.2. The Labute approximate surface area is 220 Å². The Morgan fingerprint density at radius 2 is 1.86 bits per heavy atom. The number of methoxy groups -OCH3 is 1. The number of nitrogen functional groups attached to an aromatic ring is 1. The second kappa shape index (κ2) is 13.1. The van der Waals surface area contributed by atoms with Crippen LogP contribution in [0.5, 0.6) is 12.0 Å². The van der Waals surface area contributed by atoms with Crippen molar-refractivity contribution >= 4 is 23.1 Å². The van der Waals surface area contributed by atoms with Crippen molar-refractivity contribution in [2.75, 3.05) is 52.7 Å².